The second-order valence-electron chi connectivity index (χ2n) is 10.2. The molecule has 1 atom stereocenters. The minimum atomic E-state index is -3.95. The molecular weight excluding hydrogens is 538 g/mol. The number of carbonyl (C=O) groups excluding carboxylic acids is 2. The molecule has 1 heterocycles. The minimum absolute atomic E-state index is 0.00361. The van der Waals surface area contributed by atoms with Crippen molar-refractivity contribution in [2.45, 2.75) is 57.4 Å². The van der Waals surface area contributed by atoms with E-state index in [2.05, 4.69) is 16.8 Å². The van der Waals surface area contributed by atoms with Gasteiger partial charge in [-0.25, -0.2) is 13.6 Å². The van der Waals surface area contributed by atoms with Gasteiger partial charge in [-0.2, -0.15) is 0 Å². The van der Waals surface area contributed by atoms with E-state index in [1.54, 1.807) is 37.4 Å². The molecule has 1 unspecified atom stereocenters. The number of benzene rings is 3. The summed E-state index contributed by atoms with van der Waals surface area (Å²) < 4.78 is 31.6. The first kappa shape index (κ1) is 30.0. The number of sulfonamides is 1. The van der Waals surface area contributed by atoms with Crippen molar-refractivity contribution in [2.24, 2.45) is 11.1 Å². The van der Waals surface area contributed by atoms with Crippen LogP contribution in [0.25, 0.3) is 10.9 Å². The summed E-state index contributed by atoms with van der Waals surface area (Å²) in [5.74, 6) is 0.341. The largest absolute Gasteiger partial charge is 0.496 e. The topological polar surface area (TPSA) is 120 Å². The van der Waals surface area contributed by atoms with Crippen molar-refractivity contribution in [1.82, 2.24) is 4.57 Å². The number of rotatable bonds is 13. The van der Waals surface area contributed by atoms with E-state index >= 15 is 0 Å². The highest BCUT2D eigenvalue weighted by Crippen LogP contribution is 2.27. The predicted molar refractivity (Wildman–Crippen MR) is 162 cm³/mol. The highest BCUT2D eigenvalue weighted by atomic mass is 32.2. The van der Waals surface area contributed by atoms with Crippen LogP contribution in [0, 0.1) is 5.92 Å². The summed E-state index contributed by atoms with van der Waals surface area (Å²) in [7, 11) is -2.40. The normalized spacial score (nSPS) is 12.3. The number of amides is 1. The maximum atomic E-state index is 13.1. The third kappa shape index (κ3) is 7.23. The quantitative estimate of drug-likeness (QED) is 0.192. The predicted octanol–water partition coefficient (Wildman–Crippen LogP) is 5.93. The highest BCUT2D eigenvalue weighted by molar-refractivity contribution is 7.89. The van der Waals surface area contributed by atoms with E-state index in [1.165, 1.54) is 6.07 Å². The summed E-state index contributed by atoms with van der Waals surface area (Å²) in [6.45, 7) is 4.66. The van der Waals surface area contributed by atoms with E-state index in [4.69, 9.17) is 9.88 Å². The molecule has 9 heteroatoms. The van der Waals surface area contributed by atoms with Crippen LogP contribution in [0.2, 0.25) is 0 Å². The Balaban J connectivity index is 1.54. The van der Waals surface area contributed by atoms with Crippen LogP contribution < -0.4 is 15.2 Å². The van der Waals surface area contributed by atoms with E-state index in [1.807, 2.05) is 43.5 Å². The van der Waals surface area contributed by atoms with Crippen molar-refractivity contribution < 1.29 is 22.7 Å². The summed E-state index contributed by atoms with van der Waals surface area (Å²) in [6.07, 6.45) is 5.66. The first-order valence-electron chi connectivity index (χ1n) is 13.8. The van der Waals surface area contributed by atoms with Crippen molar-refractivity contribution >= 4 is 38.3 Å². The van der Waals surface area contributed by atoms with E-state index in [0.29, 0.717) is 23.4 Å². The fourth-order valence-corrected chi connectivity index (χ4v) is 5.82. The lowest BCUT2D eigenvalue weighted by Gasteiger charge is -2.15. The van der Waals surface area contributed by atoms with Gasteiger partial charge in [-0.1, -0.05) is 63.1 Å². The number of ether oxygens (including phenoxy) is 1. The number of primary sulfonamides is 1. The molecule has 1 aromatic heterocycles. The van der Waals surface area contributed by atoms with Crippen molar-refractivity contribution in [3.05, 3.63) is 89.6 Å². The fourth-order valence-electron chi connectivity index (χ4n) is 5.05. The molecule has 0 aliphatic heterocycles. The molecule has 216 valence electrons. The van der Waals surface area contributed by atoms with Crippen molar-refractivity contribution in [2.75, 3.05) is 12.4 Å². The summed E-state index contributed by atoms with van der Waals surface area (Å²) in [5.41, 5.74) is 3.34. The summed E-state index contributed by atoms with van der Waals surface area (Å²) in [4.78, 5) is 25.9. The van der Waals surface area contributed by atoms with Crippen LogP contribution in [-0.4, -0.2) is 31.8 Å². The molecule has 0 saturated heterocycles. The smallest absolute Gasteiger partial charge is 0.238 e. The number of unbranched alkanes of at least 4 members (excludes halogenated alkanes) is 1. The van der Waals surface area contributed by atoms with Gasteiger partial charge in [0, 0.05) is 35.3 Å². The Morgan fingerprint density at radius 3 is 2.49 bits per heavy atom. The van der Waals surface area contributed by atoms with E-state index < -0.39 is 10.0 Å². The van der Waals surface area contributed by atoms with Gasteiger partial charge in [-0.15, -0.1) is 0 Å². The number of methoxy groups -OCH3 is 1. The second-order valence-corrected chi connectivity index (χ2v) is 11.8. The van der Waals surface area contributed by atoms with Crippen LogP contribution in [0.1, 0.15) is 61.0 Å². The Kier molecular flexibility index (Phi) is 9.62. The highest BCUT2D eigenvalue weighted by Gasteiger charge is 2.19. The van der Waals surface area contributed by atoms with E-state index in [-0.39, 0.29) is 28.9 Å². The number of aromatic nitrogens is 1. The summed E-state index contributed by atoms with van der Waals surface area (Å²) in [6, 6.07) is 19.4. The van der Waals surface area contributed by atoms with Gasteiger partial charge in [0.25, 0.3) is 0 Å². The van der Waals surface area contributed by atoms with Crippen LogP contribution in [0.4, 0.5) is 5.69 Å². The number of hydrogen-bond donors (Lipinski definition) is 2. The standard InChI is InChI=1S/C32H37N3O5S/c1-4-6-9-22(5-2)32(37)34-27-15-14-23-16-17-35(28(23)20-27)21-26-13-12-24(19-30(26)40-3)29(36)18-25-10-7-8-11-31(25)41(33,38)39/h7-8,10-17,19-20,22H,4-6,9,18,21H2,1-3H3,(H,34,37)(H2,33,38,39). The Bertz CT molecular complexity index is 1660. The first-order chi connectivity index (χ1) is 19.6. The maximum Gasteiger partial charge on any atom is 0.238 e. The first-order valence-corrected chi connectivity index (χ1v) is 15.4. The van der Waals surface area contributed by atoms with Crippen molar-refractivity contribution in [3.63, 3.8) is 0 Å². The molecule has 41 heavy (non-hydrogen) atoms. The van der Waals surface area contributed by atoms with Gasteiger partial charge in [0.15, 0.2) is 5.78 Å². The molecule has 4 rings (SSSR count). The summed E-state index contributed by atoms with van der Waals surface area (Å²) in [5, 5.41) is 9.46. The minimum Gasteiger partial charge on any atom is -0.496 e. The van der Waals surface area contributed by atoms with Gasteiger partial charge in [-0.05, 0) is 54.1 Å². The Morgan fingerprint density at radius 2 is 1.78 bits per heavy atom. The average molecular weight is 576 g/mol. The second kappa shape index (κ2) is 13.1. The monoisotopic (exact) mass is 575 g/mol. The van der Waals surface area contributed by atoms with E-state index in [9.17, 15) is 18.0 Å². The molecule has 0 saturated carbocycles. The maximum absolute atomic E-state index is 13.1. The number of nitrogens with two attached hydrogens (primary N) is 1. The van der Waals surface area contributed by atoms with Gasteiger partial charge in [0.05, 0.1) is 24.1 Å². The molecule has 1 amide bonds. The molecule has 0 fully saturated rings. The van der Waals surface area contributed by atoms with Crippen molar-refractivity contribution in [3.8, 4) is 5.75 Å². The number of anilines is 1. The zero-order chi connectivity index (χ0) is 29.6. The van der Waals surface area contributed by atoms with Crippen LogP contribution in [0.5, 0.6) is 5.75 Å². The average Bonchev–Trinajstić information content (AvgIpc) is 3.35. The third-order valence-electron chi connectivity index (χ3n) is 7.39. The van der Waals surface area contributed by atoms with E-state index in [0.717, 1.165) is 47.8 Å². The molecule has 3 N–H and O–H groups in total. The van der Waals surface area contributed by atoms with Crippen molar-refractivity contribution in [1.29, 1.82) is 0 Å². The molecule has 0 radical (unpaired) electrons. The Labute approximate surface area is 241 Å². The van der Waals surface area contributed by atoms with Crippen LogP contribution >= 0.6 is 0 Å². The molecule has 0 aliphatic carbocycles. The van der Waals surface area contributed by atoms with Gasteiger partial charge in [-0.3, -0.25) is 9.59 Å². The number of hydrogen-bond acceptors (Lipinski definition) is 5. The Morgan fingerprint density at radius 1 is 1.00 bits per heavy atom. The number of carbonyl (C=O) groups is 2. The number of fused-ring (bicyclic) bond motifs is 1. The lowest BCUT2D eigenvalue weighted by molar-refractivity contribution is -0.120. The zero-order valence-corrected chi connectivity index (χ0v) is 24.5. The van der Waals surface area contributed by atoms with Crippen LogP contribution in [0.3, 0.4) is 0 Å². The number of ketones is 1. The van der Waals surface area contributed by atoms with Crippen LogP contribution in [-0.2, 0) is 27.8 Å². The van der Waals surface area contributed by atoms with Crippen LogP contribution in [0.15, 0.2) is 77.8 Å². The number of nitrogens with one attached hydrogen (secondary N) is 1. The molecule has 4 aromatic rings. The molecule has 0 aliphatic rings. The lowest BCUT2D eigenvalue weighted by Crippen LogP contribution is -2.22. The molecule has 0 spiro atoms. The van der Waals surface area contributed by atoms with Gasteiger partial charge >= 0.3 is 0 Å². The summed E-state index contributed by atoms with van der Waals surface area (Å²) >= 11 is 0. The number of nitrogens with zero attached hydrogens (tertiary/aromatic N) is 1. The lowest BCUT2D eigenvalue weighted by atomic mass is 9.98. The molecule has 3 aromatic carbocycles. The molecule has 0 bridgehead atoms. The molecule has 8 nitrogen and oxygen atoms in total. The van der Waals surface area contributed by atoms with Gasteiger partial charge in [0.2, 0.25) is 15.9 Å². The zero-order valence-electron chi connectivity index (χ0n) is 23.7. The Hall–Kier alpha value is -3.95. The SMILES string of the molecule is CCCCC(CC)C(=O)Nc1ccc2ccn(Cc3ccc(C(=O)Cc4ccccc4S(N)(=O)=O)cc3OC)c2c1. The van der Waals surface area contributed by atoms with Gasteiger partial charge in [0.1, 0.15) is 5.75 Å². The van der Waals surface area contributed by atoms with Gasteiger partial charge < -0.3 is 14.6 Å². The third-order valence-corrected chi connectivity index (χ3v) is 8.40. The fraction of sp³-hybridized carbons (Fsp3) is 0.312. The molecular formula is C32H37N3O5S. The number of Topliss-reactive ketones (excluding diaryl/α,β-unsaturated/α-hetero) is 1.